The van der Waals surface area contributed by atoms with Gasteiger partial charge in [0.15, 0.2) is 0 Å². The molecule has 6 nitrogen and oxygen atoms in total. The van der Waals surface area contributed by atoms with E-state index in [1.807, 2.05) is 12.1 Å². The third-order valence-corrected chi connectivity index (χ3v) is 6.60. The highest BCUT2D eigenvalue weighted by Gasteiger charge is 2.34. The van der Waals surface area contributed by atoms with Crippen LogP contribution >= 0.6 is 0 Å². The van der Waals surface area contributed by atoms with Crippen LogP contribution in [0.4, 0.5) is 4.39 Å². The first-order chi connectivity index (χ1) is 15.0. The standard InChI is InChI=1S/C24H29FN2O4/c1-30-22-11-20(21(25)13-27-22)17-4-2-15(3-5-17)14-31-23-10-18(8-9-26-23)19(12-24(28)29)16-6-7-16/h8-11,13,15-17,19H,2-7,12,14H2,1H3,(H,28,29). The van der Waals surface area contributed by atoms with Crippen LogP contribution in [0.1, 0.15) is 67.9 Å². The molecule has 31 heavy (non-hydrogen) atoms. The van der Waals surface area contributed by atoms with Crippen molar-refractivity contribution in [1.82, 2.24) is 9.97 Å². The largest absolute Gasteiger partial charge is 0.481 e. The number of carbonyl (C=O) groups is 1. The number of aromatic nitrogens is 2. The highest BCUT2D eigenvalue weighted by atomic mass is 19.1. The molecule has 0 spiro atoms. The van der Waals surface area contributed by atoms with E-state index in [0.29, 0.717) is 35.8 Å². The predicted molar refractivity (Wildman–Crippen MR) is 113 cm³/mol. The van der Waals surface area contributed by atoms with Gasteiger partial charge in [-0.2, -0.15) is 0 Å². The van der Waals surface area contributed by atoms with Crippen molar-refractivity contribution < 1.29 is 23.8 Å². The lowest BCUT2D eigenvalue weighted by Gasteiger charge is -2.29. The smallest absolute Gasteiger partial charge is 0.303 e. The highest BCUT2D eigenvalue weighted by Crippen LogP contribution is 2.45. The molecule has 1 N–H and O–H groups in total. The van der Waals surface area contributed by atoms with Gasteiger partial charge < -0.3 is 14.6 Å². The van der Waals surface area contributed by atoms with E-state index in [4.69, 9.17) is 9.47 Å². The quantitative estimate of drug-likeness (QED) is 0.609. The Kier molecular flexibility index (Phi) is 6.68. The maximum absolute atomic E-state index is 14.2. The number of pyridine rings is 2. The van der Waals surface area contributed by atoms with Gasteiger partial charge in [-0.3, -0.25) is 4.79 Å². The van der Waals surface area contributed by atoms with Crippen molar-refractivity contribution in [3.05, 3.63) is 47.5 Å². The highest BCUT2D eigenvalue weighted by molar-refractivity contribution is 5.68. The van der Waals surface area contributed by atoms with Crippen LogP contribution in [0.5, 0.6) is 11.8 Å². The van der Waals surface area contributed by atoms with Crippen molar-refractivity contribution in [1.29, 1.82) is 0 Å². The van der Waals surface area contributed by atoms with Gasteiger partial charge in [-0.1, -0.05) is 0 Å². The normalized spacial score (nSPS) is 22.0. The molecule has 7 heteroatoms. The zero-order valence-corrected chi connectivity index (χ0v) is 17.8. The van der Waals surface area contributed by atoms with Gasteiger partial charge >= 0.3 is 5.97 Å². The van der Waals surface area contributed by atoms with Gasteiger partial charge in [-0.05, 0) is 79.4 Å². The SMILES string of the molecule is COc1cc(C2CCC(COc3cc(C(CC(=O)O)C4CC4)ccn3)CC2)c(F)cn1. The molecule has 0 radical (unpaired) electrons. The molecular formula is C24H29FN2O4. The molecule has 166 valence electrons. The second-order valence-electron chi connectivity index (χ2n) is 8.75. The topological polar surface area (TPSA) is 81.5 Å². The van der Waals surface area contributed by atoms with Crippen molar-refractivity contribution in [3.8, 4) is 11.8 Å². The number of hydrogen-bond acceptors (Lipinski definition) is 5. The van der Waals surface area contributed by atoms with Gasteiger partial charge in [0.25, 0.3) is 0 Å². The summed E-state index contributed by atoms with van der Waals surface area (Å²) in [6.07, 6.45) is 8.97. The molecule has 2 heterocycles. The predicted octanol–water partition coefficient (Wildman–Crippen LogP) is 4.95. The number of nitrogens with zero attached hydrogens (tertiary/aromatic N) is 2. The average Bonchev–Trinajstić information content (AvgIpc) is 3.62. The van der Waals surface area contributed by atoms with E-state index < -0.39 is 5.97 Å². The van der Waals surface area contributed by atoms with Crippen molar-refractivity contribution in [2.24, 2.45) is 11.8 Å². The van der Waals surface area contributed by atoms with E-state index in [9.17, 15) is 14.3 Å². The molecule has 4 rings (SSSR count). The van der Waals surface area contributed by atoms with Gasteiger partial charge in [0, 0.05) is 18.3 Å². The molecule has 2 fully saturated rings. The summed E-state index contributed by atoms with van der Waals surface area (Å²) in [7, 11) is 1.54. The first-order valence-electron chi connectivity index (χ1n) is 11.0. The van der Waals surface area contributed by atoms with E-state index in [1.165, 1.54) is 13.3 Å². The monoisotopic (exact) mass is 428 g/mol. The van der Waals surface area contributed by atoms with Gasteiger partial charge in [-0.15, -0.1) is 0 Å². The van der Waals surface area contributed by atoms with Crippen LogP contribution in [0, 0.1) is 17.7 Å². The first-order valence-corrected chi connectivity index (χ1v) is 11.0. The Labute approximate surface area is 181 Å². The second kappa shape index (κ2) is 9.62. The summed E-state index contributed by atoms with van der Waals surface area (Å²) >= 11 is 0. The molecule has 2 aliphatic rings. The van der Waals surface area contributed by atoms with E-state index in [0.717, 1.165) is 44.1 Å². The Morgan fingerprint density at radius 3 is 2.61 bits per heavy atom. The summed E-state index contributed by atoms with van der Waals surface area (Å²) in [5.41, 5.74) is 1.69. The minimum atomic E-state index is -0.767. The molecule has 1 unspecified atom stereocenters. The lowest BCUT2D eigenvalue weighted by Crippen LogP contribution is -2.20. The number of halogens is 1. The summed E-state index contributed by atoms with van der Waals surface area (Å²) in [5.74, 6) is 1.01. The van der Waals surface area contributed by atoms with Crippen LogP contribution in [-0.2, 0) is 4.79 Å². The summed E-state index contributed by atoms with van der Waals surface area (Å²) in [5, 5.41) is 9.23. The maximum Gasteiger partial charge on any atom is 0.303 e. The third-order valence-electron chi connectivity index (χ3n) is 6.60. The molecule has 1 atom stereocenters. The summed E-state index contributed by atoms with van der Waals surface area (Å²) in [6.45, 7) is 0.568. The Morgan fingerprint density at radius 2 is 1.94 bits per heavy atom. The molecule has 0 bridgehead atoms. The first kappa shape index (κ1) is 21.5. The van der Waals surface area contributed by atoms with Crippen molar-refractivity contribution in [2.75, 3.05) is 13.7 Å². The number of carboxylic acid groups (broad SMARTS) is 1. The van der Waals surface area contributed by atoms with Gasteiger partial charge in [0.05, 0.1) is 26.3 Å². The summed E-state index contributed by atoms with van der Waals surface area (Å²) < 4.78 is 25.3. The Hall–Kier alpha value is -2.70. The lowest BCUT2D eigenvalue weighted by atomic mass is 9.79. The van der Waals surface area contributed by atoms with E-state index in [1.54, 1.807) is 12.3 Å². The minimum absolute atomic E-state index is 0.0329. The number of carboxylic acids is 1. The van der Waals surface area contributed by atoms with E-state index in [-0.39, 0.29) is 24.1 Å². The average molecular weight is 429 g/mol. The number of methoxy groups -OCH3 is 1. The maximum atomic E-state index is 14.2. The number of rotatable bonds is 9. The van der Waals surface area contributed by atoms with Crippen LogP contribution in [0.2, 0.25) is 0 Å². The van der Waals surface area contributed by atoms with Gasteiger partial charge in [0.1, 0.15) is 5.82 Å². The molecule has 2 aromatic heterocycles. The number of ether oxygens (including phenoxy) is 2. The fourth-order valence-electron chi connectivity index (χ4n) is 4.68. The van der Waals surface area contributed by atoms with Crippen LogP contribution < -0.4 is 9.47 Å². The Morgan fingerprint density at radius 1 is 1.16 bits per heavy atom. The van der Waals surface area contributed by atoms with Crippen LogP contribution in [0.25, 0.3) is 0 Å². The number of aliphatic carboxylic acids is 1. The lowest BCUT2D eigenvalue weighted by molar-refractivity contribution is -0.137. The van der Waals surface area contributed by atoms with Crippen molar-refractivity contribution in [3.63, 3.8) is 0 Å². The van der Waals surface area contributed by atoms with Gasteiger partial charge in [0.2, 0.25) is 11.8 Å². The zero-order chi connectivity index (χ0) is 21.8. The van der Waals surface area contributed by atoms with Gasteiger partial charge in [-0.25, -0.2) is 14.4 Å². The molecule has 0 saturated heterocycles. The zero-order valence-electron chi connectivity index (χ0n) is 17.8. The molecule has 0 aromatic carbocycles. The van der Waals surface area contributed by atoms with Crippen LogP contribution in [0.15, 0.2) is 30.6 Å². The Bertz CT molecular complexity index is 910. The van der Waals surface area contributed by atoms with Crippen LogP contribution in [0.3, 0.4) is 0 Å². The van der Waals surface area contributed by atoms with Crippen molar-refractivity contribution in [2.45, 2.75) is 56.8 Å². The third kappa shape index (κ3) is 5.51. The van der Waals surface area contributed by atoms with Crippen molar-refractivity contribution >= 4 is 5.97 Å². The minimum Gasteiger partial charge on any atom is -0.481 e. The molecule has 0 aliphatic heterocycles. The summed E-state index contributed by atoms with van der Waals surface area (Å²) in [4.78, 5) is 19.5. The number of hydrogen-bond donors (Lipinski definition) is 1. The van der Waals surface area contributed by atoms with E-state index in [2.05, 4.69) is 9.97 Å². The molecule has 2 aromatic rings. The summed E-state index contributed by atoms with van der Waals surface area (Å²) in [6, 6.07) is 5.51. The second-order valence-corrected chi connectivity index (χ2v) is 8.75. The fraction of sp³-hybridized carbons (Fsp3) is 0.542. The molecule has 0 amide bonds. The Balaban J connectivity index is 1.31. The fourth-order valence-corrected chi connectivity index (χ4v) is 4.68. The molecular weight excluding hydrogens is 399 g/mol. The van der Waals surface area contributed by atoms with Crippen LogP contribution in [-0.4, -0.2) is 34.8 Å². The van der Waals surface area contributed by atoms with E-state index >= 15 is 0 Å². The molecule has 2 aliphatic carbocycles. The molecule has 2 saturated carbocycles.